The van der Waals surface area contributed by atoms with Gasteiger partial charge in [-0.05, 0) is 48.9 Å². The molecule has 7 nitrogen and oxygen atoms in total. The third kappa shape index (κ3) is 4.24. The lowest BCUT2D eigenvalue weighted by Gasteiger charge is -2.33. The number of nitrogens with one attached hydrogen (secondary N) is 2. The Morgan fingerprint density at radius 2 is 1.90 bits per heavy atom. The zero-order valence-electron chi connectivity index (χ0n) is 16.6. The molecule has 9 heteroatoms. The number of carbonyl (C=O) groups excluding carboxylic acids is 1. The van der Waals surface area contributed by atoms with Crippen molar-refractivity contribution in [3.8, 4) is 5.75 Å². The second kappa shape index (κ2) is 8.97. The fourth-order valence-electron chi connectivity index (χ4n) is 3.26. The molecular formula is C21H22ClN5O2S. The van der Waals surface area contributed by atoms with Gasteiger partial charge in [0.2, 0.25) is 11.1 Å². The molecule has 2 N–H and O–H groups in total. The molecule has 0 bridgehead atoms. The van der Waals surface area contributed by atoms with Crippen LogP contribution < -0.4 is 15.5 Å². The van der Waals surface area contributed by atoms with E-state index < -0.39 is 5.25 Å². The molecule has 2 atom stereocenters. The summed E-state index contributed by atoms with van der Waals surface area (Å²) < 4.78 is 7.42. The summed E-state index contributed by atoms with van der Waals surface area (Å²) in [6, 6.07) is 14.6. The zero-order valence-corrected chi connectivity index (χ0v) is 18.2. The number of aryl methyl sites for hydroxylation is 1. The lowest BCUT2D eigenvalue weighted by molar-refractivity contribution is -0.116. The molecule has 0 radical (unpaired) electrons. The summed E-state index contributed by atoms with van der Waals surface area (Å²) >= 11 is 7.35. The largest absolute Gasteiger partial charge is 0.494 e. The van der Waals surface area contributed by atoms with Crippen LogP contribution in [-0.2, 0) is 11.2 Å². The molecule has 1 aliphatic heterocycles. The number of nitrogens with zero attached hydrogens (tertiary/aromatic N) is 3. The Bertz CT molecular complexity index is 1020. The minimum atomic E-state index is -0.444. The highest BCUT2D eigenvalue weighted by Crippen LogP contribution is 2.38. The lowest BCUT2D eigenvalue weighted by atomic mass is 10.0. The van der Waals surface area contributed by atoms with Gasteiger partial charge >= 0.3 is 0 Å². The van der Waals surface area contributed by atoms with Gasteiger partial charge in [0.05, 0.1) is 12.6 Å². The van der Waals surface area contributed by atoms with Crippen LogP contribution in [0, 0.1) is 0 Å². The van der Waals surface area contributed by atoms with Crippen molar-refractivity contribution in [2.24, 2.45) is 0 Å². The van der Waals surface area contributed by atoms with E-state index in [1.807, 2.05) is 42.8 Å². The van der Waals surface area contributed by atoms with Crippen LogP contribution in [0.3, 0.4) is 0 Å². The molecule has 0 unspecified atom stereocenters. The van der Waals surface area contributed by atoms with Gasteiger partial charge in [-0.1, -0.05) is 42.4 Å². The molecule has 0 fully saturated rings. The Morgan fingerprint density at radius 3 is 2.57 bits per heavy atom. The predicted molar refractivity (Wildman–Crippen MR) is 119 cm³/mol. The summed E-state index contributed by atoms with van der Waals surface area (Å²) in [5.41, 5.74) is 5.11. The van der Waals surface area contributed by atoms with Gasteiger partial charge in [-0.2, -0.15) is 0 Å². The van der Waals surface area contributed by atoms with Crippen LogP contribution in [0.4, 0.5) is 5.69 Å². The average Bonchev–Trinajstić information content (AvgIpc) is 3.17. The number of carbonyl (C=O) groups is 1. The Morgan fingerprint density at radius 1 is 1.17 bits per heavy atom. The summed E-state index contributed by atoms with van der Waals surface area (Å²) in [7, 11) is 0. The first-order valence-electron chi connectivity index (χ1n) is 9.75. The molecule has 2 heterocycles. The van der Waals surface area contributed by atoms with Gasteiger partial charge in [0.1, 0.15) is 11.0 Å². The second-order valence-corrected chi connectivity index (χ2v) is 8.28. The smallest absolute Gasteiger partial charge is 0.240 e. The Balaban J connectivity index is 1.64. The first kappa shape index (κ1) is 20.6. The van der Waals surface area contributed by atoms with E-state index in [4.69, 9.17) is 16.3 Å². The van der Waals surface area contributed by atoms with Crippen molar-refractivity contribution in [2.45, 2.75) is 36.7 Å². The molecule has 1 aliphatic rings. The highest BCUT2D eigenvalue weighted by Gasteiger charge is 2.37. The number of amides is 1. The van der Waals surface area contributed by atoms with Gasteiger partial charge in [0.15, 0.2) is 5.82 Å². The topological polar surface area (TPSA) is 81.1 Å². The normalized spacial score (nSPS) is 17.7. The van der Waals surface area contributed by atoms with Gasteiger partial charge < -0.3 is 15.5 Å². The number of halogens is 1. The number of ether oxygens (including phenoxy) is 1. The summed E-state index contributed by atoms with van der Waals surface area (Å²) in [6.45, 7) is 4.58. The van der Waals surface area contributed by atoms with Gasteiger partial charge in [0, 0.05) is 17.1 Å². The first-order valence-corrected chi connectivity index (χ1v) is 11.0. The van der Waals surface area contributed by atoms with Crippen molar-refractivity contribution >= 4 is 35.0 Å². The van der Waals surface area contributed by atoms with Crippen LogP contribution in [0.1, 0.15) is 31.3 Å². The molecule has 30 heavy (non-hydrogen) atoms. The van der Waals surface area contributed by atoms with E-state index in [9.17, 15) is 4.79 Å². The van der Waals surface area contributed by atoms with Crippen LogP contribution >= 0.6 is 23.4 Å². The molecule has 1 aromatic heterocycles. The van der Waals surface area contributed by atoms with Crippen LogP contribution in [0.25, 0.3) is 0 Å². The molecule has 3 aromatic rings. The van der Waals surface area contributed by atoms with E-state index in [-0.39, 0.29) is 11.9 Å². The fraction of sp³-hybridized carbons (Fsp3) is 0.286. The summed E-state index contributed by atoms with van der Waals surface area (Å²) in [4.78, 5) is 13.2. The maximum Gasteiger partial charge on any atom is 0.240 e. The van der Waals surface area contributed by atoms with Crippen LogP contribution in [0.5, 0.6) is 5.75 Å². The standard InChI is InChI=1S/C21H22ClN5O2S/c1-3-17-24-25-21-27(17)26-18(13-5-11-16(12-6-13)29-4-2)19(30-21)20(28)23-15-9-7-14(22)8-10-15/h5-12,18-19,26H,3-4H2,1-2H3,(H,23,28)/t18-,19+/m0/s1. The Hall–Kier alpha value is -2.71. The summed E-state index contributed by atoms with van der Waals surface area (Å²) in [5, 5.41) is 12.3. The molecule has 0 saturated heterocycles. The third-order valence-electron chi connectivity index (χ3n) is 4.74. The van der Waals surface area contributed by atoms with E-state index in [2.05, 4.69) is 20.9 Å². The predicted octanol–water partition coefficient (Wildman–Crippen LogP) is 4.29. The van der Waals surface area contributed by atoms with Gasteiger partial charge in [-0.15, -0.1) is 10.2 Å². The quantitative estimate of drug-likeness (QED) is 0.591. The molecule has 0 aliphatic carbocycles. The summed E-state index contributed by atoms with van der Waals surface area (Å²) in [6.07, 6.45) is 0.734. The zero-order chi connectivity index (χ0) is 21.1. The Kier molecular flexibility index (Phi) is 6.15. The number of anilines is 1. The number of fused-ring (bicyclic) bond motifs is 1. The minimum Gasteiger partial charge on any atom is -0.494 e. The van der Waals surface area contributed by atoms with Crippen molar-refractivity contribution in [1.29, 1.82) is 0 Å². The van der Waals surface area contributed by atoms with Crippen LogP contribution in [-0.4, -0.2) is 32.6 Å². The third-order valence-corrected chi connectivity index (χ3v) is 6.21. The van der Waals surface area contributed by atoms with Gasteiger partial charge in [-0.25, -0.2) is 4.68 Å². The van der Waals surface area contributed by atoms with E-state index >= 15 is 0 Å². The fourth-order valence-corrected chi connectivity index (χ4v) is 4.49. The maximum absolute atomic E-state index is 13.2. The molecule has 2 aromatic carbocycles. The lowest BCUT2D eigenvalue weighted by Crippen LogP contribution is -2.41. The maximum atomic E-state index is 13.2. The number of hydrogen-bond acceptors (Lipinski definition) is 6. The van der Waals surface area contributed by atoms with Crippen LogP contribution in [0.15, 0.2) is 53.7 Å². The first-order chi connectivity index (χ1) is 14.6. The SMILES string of the molecule is CCOc1ccc([C@@H]2Nn3c(CC)nnc3S[C@H]2C(=O)Nc2ccc(Cl)cc2)cc1. The number of aromatic nitrogens is 3. The average molecular weight is 444 g/mol. The molecule has 1 amide bonds. The van der Waals surface area contributed by atoms with Crippen molar-refractivity contribution in [1.82, 2.24) is 14.9 Å². The van der Waals surface area contributed by atoms with Crippen molar-refractivity contribution in [3.05, 3.63) is 64.9 Å². The second-order valence-electron chi connectivity index (χ2n) is 6.73. The van der Waals surface area contributed by atoms with E-state index in [0.29, 0.717) is 22.5 Å². The van der Waals surface area contributed by atoms with E-state index in [1.165, 1.54) is 11.8 Å². The van der Waals surface area contributed by atoms with Crippen molar-refractivity contribution in [2.75, 3.05) is 17.3 Å². The molecule has 0 spiro atoms. The Labute approximate surface area is 184 Å². The molecular weight excluding hydrogens is 422 g/mol. The minimum absolute atomic E-state index is 0.124. The number of benzene rings is 2. The van der Waals surface area contributed by atoms with E-state index in [0.717, 1.165) is 23.6 Å². The molecule has 4 rings (SSSR count). The molecule has 0 saturated carbocycles. The number of rotatable bonds is 6. The highest BCUT2D eigenvalue weighted by molar-refractivity contribution is 8.00. The summed E-state index contributed by atoms with van der Waals surface area (Å²) in [5.74, 6) is 1.50. The van der Waals surface area contributed by atoms with Gasteiger partial charge in [-0.3, -0.25) is 4.79 Å². The highest BCUT2D eigenvalue weighted by atomic mass is 35.5. The van der Waals surface area contributed by atoms with Crippen molar-refractivity contribution < 1.29 is 9.53 Å². The number of hydrogen-bond donors (Lipinski definition) is 2. The van der Waals surface area contributed by atoms with Crippen LogP contribution in [0.2, 0.25) is 5.02 Å². The van der Waals surface area contributed by atoms with Gasteiger partial charge in [0.25, 0.3) is 0 Å². The van der Waals surface area contributed by atoms with E-state index in [1.54, 1.807) is 24.3 Å². The van der Waals surface area contributed by atoms with Crippen molar-refractivity contribution in [3.63, 3.8) is 0 Å². The molecule has 156 valence electrons. The number of thioether (sulfide) groups is 1. The monoisotopic (exact) mass is 443 g/mol.